The van der Waals surface area contributed by atoms with Crippen LogP contribution in [0.1, 0.15) is 44.0 Å². The highest BCUT2D eigenvalue weighted by atomic mass is 16.5. The van der Waals surface area contributed by atoms with Crippen molar-refractivity contribution < 1.29 is 14.1 Å². The largest absolute Gasteiger partial charge is 0.337 e. The van der Waals surface area contributed by atoms with Crippen molar-refractivity contribution in [1.82, 2.24) is 19.9 Å². The number of piperazine rings is 1. The summed E-state index contributed by atoms with van der Waals surface area (Å²) >= 11 is 0. The number of aromatic nitrogens is 2. The highest BCUT2D eigenvalue weighted by Gasteiger charge is 2.37. The van der Waals surface area contributed by atoms with Crippen molar-refractivity contribution in [1.29, 1.82) is 0 Å². The van der Waals surface area contributed by atoms with Gasteiger partial charge in [0.05, 0.1) is 6.54 Å². The summed E-state index contributed by atoms with van der Waals surface area (Å²) in [5.74, 6) is 0.961. The van der Waals surface area contributed by atoms with Gasteiger partial charge in [-0.15, -0.1) is 0 Å². The minimum Gasteiger partial charge on any atom is -0.337 e. The zero-order valence-electron chi connectivity index (χ0n) is 15.4. The molecule has 7 nitrogen and oxygen atoms in total. The van der Waals surface area contributed by atoms with E-state index in [9.17, 15) is 9.59 Å². The normalized spacial score (nSPS) is 18.1. The van der Waals surface area contributed by atoms with Crippen LogP contribution < -0.4 is 0 Å². The van der Waals surface area contributed by atoms with E-state index in [2.05, 4.69) is 10.1 Å². The van der Waals surface area contributed by atoms with E-state index in [0.717, 1.165) is 12.0 Å². The maximum atomic E-state index is 12.7. The van der Waals surface area contributed by atoms with E-state index >= 15 is 0 Å². The number of nitrogens with zero attached hydrogens (tertiary/aromatic N) is 4. The van der Waals surface area contributed by atoms with Crippen LogP contribution in [0, 0.1) is 0 Å². The van der Waals surface area contributed by atoms with Crippen LogP contribution in [0.5, 0.6) is 0 Å². The molecule has 1 fully saturated rings. The Kier molecular flexibility index (Phi) is 5.35. The Morgan fingerprint density at radius 2 is 1.96 bits per heavy atom. The Morgan fingerprint density at radius 1 is 1.23 bits per heavy atom. The lowest BCUT2D eigenvalue weighted by Crippen LogP contribution is -2.58. The molecule has 2 amide bonds. The summed E-state index contributed by atoms with van der Waals surface area (Å²) in [6.45, 7) is 6.47. The number of rotatable bonds is 6. The molecule has 0 unspecified atom stereocenters. The lowest BCUT2D eigenvalue weighted by molar-refractivity contribution is -0.156. The van der Waals surface area contributed by atoms with Crippen LogP contribution in [0.4, 0.5) is 0 Å². The topological polar surface area (TPSA) is 79.5 Å². The molecule has 0 bridgehead atoms. The average Bonchev–Trinajstić information content (AvgIpc) is 3.10. The molecule has 0 N–H and O–H groups in total. The molecule has 0 radical (unpaired) electrons. The monoisotopic (exact) mass is 356 g/mol. The van der Waals surface area contributed by atoms with Crippen molar-refractivity contribution >= 4 is 11.8 Å². The SMILES string of the molecule is CC(C)c1noc(CN2C(=O)CN(CCc3ccccc3)C(=O)[C@@H]2C)n1. The molecular formula is C19H24N4O3. The van der Waals surface area contributed by atoms with Crippen LogP contribution in [0.2, 0.25) is 0 Å². The Balaban J connectivity index is 1.63. The summed E-state index contributed by atoms with van der Waals surface area (Å²) in [6, 6.07) is 9.40. The molecule has 26 heavy (non-hydrogen) atoms. The Hall–Kier alpha value is -2.70. The molecule has 0 saturated carbocycles. The van der Waals surface area contributed by atoms with Gasteiger partial charge in [0.2, 0.25) is 17.7 Å². The van der Waals surface area contributed by atoms with E-state index < -0.39 is 6.04 Å². The first-order chi connectivity index (χ1) is 12.5. The highest BCUT2D eigenvalue weighted by molar-refractivity contribution is 5.94. The molecule has 0 aliphatic carbocycles. The maximum Gasteiger partial charge on any atom is 0.246 e. The van der Waals surface area contributed by atoms with Gasteiger partial charge < -0.3 is 14.3 Å². The Morgan fingerprint density at radius 3 is 2.62 bits per heavy atom. The predicted octanol–water partition coefficient (Wildman–Crippen LogP) is 2.00. The van der Waals surface area contributed by atoms with Gasteiger partial charge in [0, 0.05) is 12.5 Å². The standard InChI is InChI=1S/C19H24N4O3/c1-13(2)18-20-16(26-21-18)11-23-14(3)19(25)22(12-17(23)24)10-9-15-7-5-4-6-8-15/h4-8,13-14H,9-12H2,1-3H3/t14-/m0/s1. The zero-order chi connectivity index (χ0) is 18.7. The lowest BCUT2D eigenvalue weighted by atomic mass is 10.1. The summed E-state index contributed by atoms with van der Waals surface area (Å²) in [4.78, 5) is 32.7. The van der Waals surface area contributed by atoms with Crippen molar-refractivity contribution in [3.05, 3.63) is 47.6 Å². The zero-order valence-corrected chi connectivity index (χ0v) is 15.4. The summed E-state index contributed by atoms with van der Waals surface area (Å²) < 4.78 is 5.21. The molecule has 1 aromatic carbocycles. The van der Waals surface area contributed by atoms with Crippen LogP contribution in [0.15, 0.2) is 34.9 Å². The van der Waals surface area contributed by atoms with Gasteiger partial charge in [0.1, 0.15) is 12.6 Å². The van der Waals surface area contributed by atoms with Gasteiger partial charge in [-0.3, -0.25) is 9.59 Å². The highest BCUT2D eigenvalue weighted by Crippen LogP contribution is 2.17. The third-order valence-electron chi connectivity index (χ3n) is 4.60. The van der Waals surface area contributed by atoms with Gasteiger partial charge in [-0.25, -0.2) is 0 Å². The van der Waals surface area contributed by atoms with Crippen molar-refractivity contribution in [2.45, 2.75) is 45.7 Å². The number of benzene rings is 1. The van der Waals surface area contributed by atoms with Gasteiger partial charge in [-0.05, 0) is 18.9 Å². The minimum atomic E-state index is -0.540. The van der Waals surface area contributed by atoms with E-state index in [0.29, 0.717) is 18.3 Å². The van der Waals surface area contributed by atoms with Crippen LogP contribution in [-0.2, 0) is 22.6 Å². The second-order valence-electron chi connectivity index (χ2n) is 6.89. The molecule has 3 rings (SSSR count). The lowest BCUT2D eigenvalue weighted by Gasteiger charge is -2.38. The molecule has 1 aliphatic rings. The number of amides is 2. The van der Waals surface area contributed by atoms with Crippen LogP contribution >= 0.6 is 0 Å². The van der Waals surface area contributed by atoms with Crippen molar-refractivity contribution in [2.24, 2.45) is 0 Å². The van der Waals surface area contributed by atoms with Gasteiger partial charge in [0.25, 0.3) is 0 Å². The maximum absolute atomic E-state index is 12.7. The van der Waals surface area contributed by atoms with Gasteiger partial charge in [-0.2, -0.15) is 4.98 Å². The first-order valence-corrected chi connectivity index (χ1v) is 8.90. The van der Waals surface area contributed by atoms with E-state index in [1.54, 1.807) is 11.8 Å². The molecule has 1 saturated heterocycles. The van der Waals surface area contributed by atoms with Gasteiger partial charge >= 0.3 is 0 Å². The first kappa shape index (κ1) is 18.1. The molecule has 1 aliphatic heterocycles. The third-order valence-corrected chi connectivity index (χ3v) is 4.60. The van der Waals surface area contributed by atoms with Crippen LogP contribution in [0.3, 0.4) is 0 Å². The van der Waals surface area contributed by atoms with E-state index in [4.69, 9.17) is 4.52 Å². The molecule has 138 valence electrons. The van der Waals surface area contributed by atoms with Gasteiger partial charge in [-0.1, -0.05) is 49.3 Å². The fourth-order valence-electron chi connectivity index (χ4n) is 2.98. The van der Waals surface area contributed by atoms with Crippen molar-refractivity contribution in [3.8, 4) is 0 Å². The number of hydrogen-bond acceptors (Lipinski definition) is 5. The first-order valence-electron chi connectivity index (χ1n) is 8.90. The molecular weight excluding hydrogens is 332 g/mol. The van der Waals surface area contributed by atoms with Crippen LogP contribution in [0.25, 0.3) is 0 Å². The third kappa shape index (κ3) is 3.92. The minimum absolute atomic E-state index is 0.0517. The summed E-state index contributed by atoms with van der Waals surface area (Å²) in [6.07, 6.45) is 0.730. The van der Waals surface area contributed by atoms with E-state index in [-0.39, 0.29) is 30.8 Å². The Bertz CT molecular complexity index is 772. The fourth-order valence-corrected chi connectivity index (χ4v) is 2.98. The van der Waals surface area contributed by atoms with Crippen molar-refractivity contribution in [3.63, 3.8) is 0 Å². The predicted molar refractivity (Wildman–Crippen MR) is 95.1 cm³/mol. The summed E-state index contributed by atoms with van der Waals surface area (Å²) in [5, 5.41) is 3.91. The molecule has 1 aromatic heterocycles. The molecule has 0 spiro atoms. The van der Waals surface area contributed by atoms with E-state index in [1.807, 2.05) is 44.2 Å². The summed E-state index contributed by atoms with van der Waals surface area (Å²) in [7, 11) is 0. The smallest absolute Gasteiger partial charge is 0.246 e. The second-order valence-corrected chi connectivity index (χ2v) is 6.89. The van der Waals surface area contributed by atoms with Crippen molar-refractivity contribution in [2.75, 3.05) is 13.1 Å². The number of carbonyl (C=O) groups is 2. The number of hydrogen-bond donors (Lipinski definition) is 0. The van der Waals surface area contributed by atoms with E-state index in [1.165, 1.54) is 4.90 Å². The molecule has 2 heterocycles. The Labute approximate surface area is 153 Å². The summed E-state index contributed by atoms with van der Waals surface area (Å²) in [5.41, 5.74) is 1.15. The molecule has 7 heteroatoms. The fraction of sp³-hybridized carbons (Fsp3) is 0.474. The quantitative estimate of drug-likeness (QED) is 0.791. The molecule has 2 aromatic rings. The van der Waals surface area contributed by atoms with Gasteiger partial charge in [0.15, 0.2) is 5.82 Å². The second kappa shape index (κ2) is 7.68. The average molecular weight is 356 g/mol. The van der Waals surface area contributed by atoms with Crippen LogP contribution in [-0.4, -0.2) is 50.9 Å². The number of carbonyl (C=O) groups excluding carboxylic acids is 2. The molecule has 1 atom stereocenters.